The van der Waals surface area contributed by atoms with Crippen molar-refractivity contribution in [2.24, 2.45) is 12.0 Å². The van der Waals surface area contributed by atoms with E-state index >= 15 is 0 Å². The summed E-state index contributed by atoms with van der Waals surface area (Å²) in [6, 6.07) is 21.3. The lowest BCUT2D eigenvalue weighted by Crippen LogP contribution is -2.38. The molecule has 0 fully saturated rings. The topological polar surface area (TPSA) is 67.1 Å². The smallest absolute Gasteiger partial charge is 0.191 e. The van der Waals surface area contributed by atoms with Crippen LogP contribution in [-0.4, -0.2) is 34.3 Å². The van der Waals surface area contributed by atoms with Crippen molar-refractivity contribution in [1.29, 1.82) is 0 Å². The molecule has 2 aromatic carbocycles. The summed E-state index contributed by atoms with van der Waals surface area (Å²) in [6.07, 6.45) is 2.52. The van der Waals surface area contributed by atoms with Crippen LogP contribution < -0.4 is 10.6 Å². The number of aryl methyl sites for hydroxylation is 1. The zero-order chi connectivity index (χ0) is 18.9. The molecule has 0 saturated heterocycles. The van der Waals surface area contributed by atoms with Crippen LogP contribution in [0, 0.1) is 0 Å². The van der Waals surface area contributed by atoms with Crippen LogP contribution in [-0.2, 0) is 13.6 Å². The molecule has 0 radical (unpaired) electrons. The maximum atomic E-state index is 4.30. The predicted octanol–water partition coefficient (Wildman–Crippen LogP) is 2.70. The Kier molecular flexibility index (Phi) is 6.57. The fraction of sp³-hybridized carbons (Fsp3) is 0.286. The van der Waals surface area contributed by atoms with Gasteiger partial charge in [-0.25, -0.2) is 4.98 Å². The van der Waals surface area contributed by atoms with Crippen LogP contribution in [0.1, 0.15) is 29.3 Å². The van der Waals surface area contributed by atoms with E-state index in [0.717, 1.165) is 24.7 Å². The third-order valence-electron chi connectivity index (χ3n) is 4.57. The van der Waals surface area contributed by atoms with Gasteiger partial charge in [-0.1, -0.05) is 60.7 Å². The Morgan fingerprint density at radius 3 is 2.15 bits per heavy atom. The Morgan fingerprint density at radius 2 is 1.63 bits per heavy atom. The van der Waals surface area contributed by atoms with Gasteiger partial charge in [0.2, 0.25) is 0 Å². The molecule has 0 atom stereocenters. The molecule has 6 heteroatoms. The average molecular weight is 362 g/mol. The van der Waals surface area contributed by atoms with E-state index in [-0.39, 0.29) is 0 Å². The summed E-state index contributed by atoms with van der Waals surface area (Å²) < 4.78 is 1.75. The second-order valence-corrected chi connectivity index (χ2v) is 6.32. The Bertz CT molecular complexity index is 802. The van der Waals surface area contributed by atoms with Gasteiger partial charge in [0.25, 0.3) is 0 Å². The van der Waals surface area contributed by atoms with Gasteiger partial charge in [-0.15, -0.1) is 0 Å². The third kappa shape index (κ3) is 5.17. The lowest BCUT2D eigenvalue weighted by Gasteiger charge is -2.19. The summed E-state index contributed by atoms with van der Waals surface area (Å²) >= 11 is 0. The van der Waals surface area contributed by atoms with Crippen LogP contribution in [0.3, 0.4) is 0 Å². The van der Waals surface area contributed by atoms with Crippen LogP contribution in [0.2, 0.25) is 0 Å². The minimum atomic E-state index is 0.344. The molecule has 0 amide bonds. The third-order valence-corrected chi connectivity index (χ3v) is 4.57. The van der Waals surface area contributed by atoms with E-state index in [1.807, 2.05) is 7.05 Å². The Balaban J connectivity index is 1.59. The molecular formula is C21H26N6. The molecule has 1 heterocycles. The molecule has 0 spiro atoms. The van der Waals surface area contributed by atoms with Crippen molar-refractivity contribution < 1.29 is 0 Å². The number of nitrogens with one attached hydrogen (secondary N) is 2. The van der Waals surface area contributed by atoms with Crippen molar-refractivity contribution in [3.63, 3.8) is 0 Å². The van der Waals surface area contributed by atoms with Crippen molar-refractivity contribution in [2.45, 2.75) is 18.9 Å². The molecule has 2 N–H and O–H groups in total. The molecular weight excluding hydrogens is 336 g/mol. The first-order valence-corrected chi connectivity index (χ1v) is 9.15. The summed E-state index contributed by atoms with van der Waals surface area (Å²) in [6.45, 7) is 1.39. The molecule has 3 aromatic rings. The number of hydrogen-bond donors (Lipinski definition) is 2. The van der Waals surface area contributed by atoms with Gasteiger partial charge in [0.1, 0.15) is 12.2 Å². The minimum Gasteiger partial charge on any atom is -0.356 e. The summed E-state index contributed by atoms with van der Waals surface area (Å²) in [4.78, 5) is 8.51. The van der Waals surface area contributed by atoms with Crippen molar-refractivity contribution in [1.82, 2.24) is 25.4 Å². The number of hydrogen-bond acceptors (Lipinski definition) is 3. The quantitative estimate of drug-likeness (QED) is 0.501. The summed E-state index contributed by atoms with van der Waals surface area (Å²) in [5.74, 6) is 1.97. The molecule has 27 heavy (non-hydrogen) atoms. The van der Waals surface area contributed by atoms with Gasteiger partial charge in [-0.2, -0.15) is 5.10 Å². The lowest BCUT2D eigenvalue weighted by molar-refractivity contribution is 0.656. The van der Waals surface area contributed by atoms with E-state index in [1.165, 1.54) is 11.1 Å². The van der Waals surface area contributed by atoms with E-state index in [4.69, 9.17) is 0 Å². The fourth-order valence-corrected chi connectivity index (χ4v) is 3.09. The standard InChI is InChI=1S/C21H26N6/c1-22-21(24-15-20-25-16-26-27(20)2)23-14-13-19(17-9-5-3-6-10-17)18-11-7-4-8-12-18/h3-12,16,19H,13-15H2,1-2H3,(H2,22,23,24). The van der Waals surface area contributed by atoms with Gasteiger partial charge in [0.05, 0.1) is 6.54 Å². The normalized spacial score (nSPS) is 11.6. The van der Waals surface area contributed by atoms with E-state index in [2.05, 4.69) is 86.4 Å². The van der Waals surface area contributed by atoms with E-state index in [1.54, 1.807) is 18.1 Å². The first-order valence-electron chi connectivity index (χ1n) is 9.15. The van der Waals surface area contributed by atoms with Gasteiger partial charge < -0.3 is 10.6 Å². The molecule has 0 aliphatic carbocycles. The van der Waals surface area contributed by atoms with Gasteiger partial charge in [0, 0.05) is 26.6 Å². The van der Waals surface area contributed by atoms with Gasteiger partial charge in [-0.3, -0.25) is 9.67 Å². The summed E-state index contributed by atoms with van der Waals surface area (Å²) in [5, 5.41) is 10.8. The van der Waals surface area contributed by atoms with Crippen molar-refractivity contribution >= 4 is 5.96 Å². The zero-order valence-electron chi connectivity index (χ0n) is 15.8. The molecule has 0 bridgehead atoms. The average Bonchev–Trinajstić information content (AvgIpc) is 3.13. The molecule has 0 aliphatic heterocycles. The van der Waals surface area contributed by atoms with Crippen molar-refractivity contribution in [3.8, 4) is 0 Å². The number of guanidine groups is 1. The minimum absolute atomic E-state index is 0.344. The Hall–Kier alpha value is -3.15. The van der Waals surface area contributed by atoms with Crippen LogP contribution >= 0.6 is 0 Å². The van der Waals surface area contributed by atoms with Crippen molar-refractivity contribution in [3.05, 3.63) is 83.9 Å². The van der Waals surface area contributed by atoms with Crippen LogP contribution in [0.25, 0.3) is 0 Å². The van der Waals surface area contributed by atoms with Crippen LogP contribution in [0.4, 0.5) is 0 Å². The second kappa shape index (κ2) is 9.52. The SMILES string of the molecule is CN=C(NCCC(c1ccccc1)c1ccccc1)NCc1ncnn1C. The van der Waals surface area contributed by atoms with Gasteiger partial charge in [0.15, 0.2) is 5.96 Å². The second-order valence-electron chi connectivity index (χ2n) is 6.32. The monoisotopic (exact) mass is 362 g/mol. The first kappa shape index (κ1) is 18.6. The van der Waals surface area contributed by atoms with Gasteiger partial charge >= 0.3 is 0 Å². The number of nitrogens with zero attached hydrogens (tertiary/aromatic N) is 4. The molecule has 6 nitrogen and oxygen atoms in total. The summed E-state index contributed by atoms with van der Waals surface area (Å²) in [7, 11) is 3.66. The number of rotatable bonds is 7. The molecule has 3 rings (SSSR count). The fourth-order valence-electron chi connectivity index (χ4n) is 3.09. The van der Waals surface area contributed by atoms with E-state index in [9.17, 15) is 0 Å². The number of aromatic nitrogens is 3. The highest BCUT2D eigenvalue weighted by atomic mass is 15.3. The van der Waals surface area contributed by atoms with Crippen LogP contribution in [0.5, 0.6) is 0 Å². The molecule has 140 valence electrons. The number of benzene rings is 2. The predicted molar refractivity (Wildman–Crippen MR) is 109 cm³/mol. The Labute approximate surface area is 160 Å². The largest absolute Gasteiger partial charge is 0.356 e. The highest BCUT2D eigenvalue weighted by Crippen LogP contribution is 2.27. The van der Waals surface area contributed by atoms with Crippen LogP contribution in [0.15, 0.2) is 72.0 Å². The molecule has 0 saturated carbocycles. The maximum absolute atomic E-state index is 4.30. The Morgan fingerprint density at radius 1 is 1.00 bits per heavy atom. The highest BCUT2D eigenvalue weighted by molar-refractivity contribution is 5.79. The lowest BCUT2D eigenvalue weighted by atomic mass is 9.88. The summed E-state index contributed by atoms with van der Waals surface area (Å²) in [5.41, 5.74) is 2.65. The molecule has 1 aromatic heterocycles. The number of aliphatic imine (C=N–C) groups is 1. The van der Waals surface area contributed by atoms with Crippen molar-refractivity contribution in [2.75, 3.05) is 13.6 Å². The highest BCUT2D eigenvalue weighted by Gasteiger charge is 2.13. The van der Waals surface area contributed by atoms with Gasteiger partial charge in [-0.05, 0) is 17.5 Å². The molecule has 0 unspecified atom stereocenters. The van der Waals surface area contributed by atoms with E-state index in [0.29, 0.717) is 12.5 Å². The van der Waals surface area contributed by atoms with E-state index < -0.39 is 0 Å². The molecule has 0 aliphatic rings. The zero-order valence-corrected chi connectivity index (χ0v) is 15.8. The first-order chi connectivity index (χ1) is 13.3. The maximum Gasteiger partial charge on any atom is 0.191 e.